The van der Waals surface area contributed by atoms with Gasteiger partial charge in [-0.15, -0.1) is 0 Å². The van der Waals surface area contributed by atoms with Crippen molar-refractivity contribution in [2.24, 2.45) is 5.10 Å². The summed E-state index contributed by atoms with van der Waals surface area (Å²) in [6, 6.07) is 21.4. The number of nitrogens with zero attached hydrogens (tertiary/aromatic N) is 1. The van der Waals surface area contributed by atoms with Gasteiger partial charge in [0.15, 0.2) is 17.2 Å². The number of esters is 1. The van der Waals surface area contributed by atoms with Crippen LogP contribution in [0.2, 0.25) is 5.02 Å². The van der Waals surface area contributed by atoms with Crippen LogP contribution in [-0.2, 0) is 0 Å². The maximum atomic E-state index is 13.5. The molecule has 4 aromatic carbocycles. The van der Waals surface area contributed by atoms with Gasteiger partial charge in [-0.2, -0.15) is 5.10 Å². The Bertz CT molecular complexity index is 1930. The molecular formula is C30H17Br2ClIN3O5. The molecular weight excluding hydrogens is 805 g/mol. The van der Waals surface area contributed by atoms with Crippen LogP contribution in [0.1, 0.15) is 26.4 Å². The van der Waals surface area contributed by atoms with Gasteiger partial charge in [0.1, 0.15) is 5.69 Å². The quantitative estimate of drug-likeness (QED) is 0.0590. The number of ether oxygens (including phenoxy) is 3. The highest BCUT2D eigenvalue weighted by molar-refractivity contribution is 14.1. The number of aromatic nitrogens is 1. The molecule has 0 saturated carbocycles. The van der Waals surface area contributed by atoms with Crippen molar-refractivity contribution >= 4 is 95.0 Å². The Balaban J connectivity index is 1.29. The van der Waals surface area contributed by atoms with E-state index in [0.717, 1.165) is 20.0 Å². The maximum absolute atomic E-state index is 13.5. The van der Waals surface area contributed by atoms with Gasteiger partial charge >= 0.3 is 5.97 Å². The number of aromatic amines is 1. The third-order valence-electron chi connectivity index (χ3n) is 6.36. The first-order chi connectivity index (χ1) is 20.3. The second kappa shape index (κ2) is 12.1. The number of hydrogen-bond donors (Lipinski definition) is 2. The van der Waals surface area contributed by atoms with Crippen molar-refractivity contribution < 1.29 is 23.8 Å². The van der Waals surface area contributed by atoms with Gasteiger partial charge in [-0.25, -0.2) is 10.2 Å². The second-order valence-electron chi connectivity index (χ2n) is 8.98. The zero-order valence-electron chi connectivity index (χ0n) is 21.2. The van der Waals surface area contributed by atoms with Crippen LogP contribution >= 0.6 is 66.1 Å². The largest absolute Gasteiger partial charge is 0.454 e. The lowest BCUT2D eigenvalue weighted by atomic mass is 10.0. The summed E-state index contributed by atoms with van der Waals surface area (Å²) >= 11 is 15.7. The molecule has 0 aliphatic carbocycles. The van der Waals surface area contributed by atoms with E-state index in [1.54, 1.807) is 36.4 Å². The smallest absolute Gasteiger partial charge is 0.343 e. The lowest BCUT2D eigenvalue weighted by molar-refractivity contribution is 0.0732. The number of carbonyl (C=O) groups excluding carboxylic acids is 2. The zero-order valence-corrected chi connectivity index (χ0v) is 27.3. The van der Waals surface area contributed by atoms with E-state index in [0.29, 0.717) is 42.3 Å². The Kier molecular flexibility index (Phi) is 8.26. The van der Waals surface area contributed by atoms with Crippen molar-refractivity contribution in [2.45, 2.75) is 0 Å². The SMILES string of the molecule is O=C(Oc1c(Br)cc(Br)cc1C=NNC(=O)c1[nH]c2c(I)cccc2c1-c1ccccc1Cl)c1ccc2c(c1)OCO2. The van der Waals surface area contributed by atoms with Crippen molar-refractivity contribution in [3.05, 3.63) is 107 Å². The van der Waals surface area contributed by atoms with Crippen LogP contribution in [0.15, 0.2) is 86.8 Å². The molecule has 2 heterocycles. The summed E-state index contributed by atoms with van der Waals surface area (Å²) in [7, 11) is 0. The molecule has 0 unspecified atom stereocenters. The molecule has 0 fully saturated rings. The van der Waals surface area contributed by atoms with E-state index in [9.17, 15) is 9.59 Å². The Morgan fingerprint density at radius 2 is 1.83 bits per heavy atom. The molecule has 42 heavy (non-hydrogen) atoms. The minimum atomic E-state index is -0.605. The van der Waals surface area contributed by atoms with Crippen molar-refractivity contribution in [3.63, 3.8) is 0 Å². The lowest BCUT2D eigenvalue weighted by Crippen LogP contribution is -2.19. The average molecular weight is 822 g/mol. The van der Waals surface area contributed by atoms with E-state index in [4.69, 9.17) is 25.8 Å². The highest BCUT2D eigenvalue weighted by atomic mass is 127. The number of benzene rings is 4. The number of hydrazone groups is 1. The summed E-state index contributed by atoms with van der Waals surface area (Å²) in [5.74, 6) is 0.165. The second-order valence-corrected chi connectivity index (χ2v) is 12.3. The molecule has 5 aromatic rings. The van der Waals surface area contributed by atoms with Crippen LogP contribution in [0, 0.1) is 3.57 Å². The van der Waals surface area contributed by atoms with E-state index < -0.39 is 11.9 Å². The monoisotopic (exact) mass is 819 g/mol. The molecule has 0 atom stereocenters. The zero-order chi connectivity index (χ0) is 29.4. The van der Waals surface area contributed by atoms with Gasteiger partial charge < -0.3 is 19.2 Å². The molecule has 0 radical (unpaired) electrons. The molecule has 0 spiro atoms. The summed E-state index contributed by atoms with van der Waals surface area (Å²) in [5, 5.41) is 5.56. The van der Waals surface area contributed by atoms with E-state index in [1.165, 1.54) is 6.21 Å². The summed E-state index contributed by atoms with van der Waals surface area (Å²) in [4.78, 5) is 29.7. The fourth-order valence-electron chi connectivity index (χ4n) is 4.47. The molecule has 2 N–H and O–H groups in total. The fraction of sp³-hybridized carbons (Fsp3) is 0.0333. The minimum Gasteiger partial charge on any atom is -0.454 e. The third kappa shape index (κ3) is 5.65. The van der Waals surface area contributed by atoms with Gasteiger partial charge in [0.05, 0.1) is 21.8 Å². The molecule has 8 nitrogen and oxygen atoms in total. The Morgan fingerprint density at radius 1 is 1.02 bits per heavy atom. The highest BCUT2D eigenvalue weighted by Crippen LogP contribution is 2.38. The number of halogens is 4. The van der Waals surface area contributed by atoms with E-state index in [-0.39, 0.29) is 18.1 Å². The van der Waals surface area contributed by atoms with E-state index in [1.807, 2.05) is 36.4 Å². The van der Waals surface area contributed by atoms with Crippen LogP contribution in [0.5, 0.6) is 17.2 Å². The molecule has 1 aliphatic heterocycles. The predicted octanol–water partition coefficient (Wildman–Crippen LogP) is 8.33. The first-order valence-corrected chi connectivity index (χ1v) is 15.3. The Morgan fingerprint density at radius 3 is 2.67 bits per heavy atom. The summed E-state index contributed by atoms with van der Waals surface area (Å²) < 4.78 is 18.6. The number of nitrogens with one attached hydrogen (secondary N) is 2. The summed E-state index contributed by atoms with van der Waals surface area (Å²) in [6.45, 7) is 0.0933. The van der Waals surface area contributed by atoms with Gasteiger partial charge in [0.25, 0.3) is 5.91 Å². The van der Waals surface area contributed by atoms with Gasteiger partial charge in [0.2, 0.25) is 6.79 Å². The third-order valence-corrected chi connectivity index (χ3v) is 8.64. The van der Waals surface area contributed by atoms with Crippen LogP contribution in [-0.4, -0.2) is 29.9 Å². The number of H-pyrrole nitrogens is 1. The molecule has 210 valence electrons. The average Bonchev–Trinajstić information content (AvgIpc) is 3.60. The number of para-hydroxylation sites is 1. The minimum absolute atomic E-state index is 0.0933. The van der Waals surface area contributed by atoms with Crippen LogP contribution in [0.4, 0.5) is 0 Å². The topological polar surface area (TPSA) is 102 Å². The van der Waals surface area contributed by atoms with Crippen molar-refractivity contribution in [3.8, 4) is 28.4 Å². The molecule has 6 rings (SSSR count). The van der Waals surface area contributed by atoms with Crippen molar-refractivity contribution in [1.82, 2.24) is 10.4 Å². The lowest BCUT2D eigenvalue weighted by Gasteiger charge is -2.11. The molecule has 1 aromatic heterocycles. The Labute approximate surface area is 274 Å². The maximum Gasteiger partial charge on any atom is 0.343 e. The van der Waals surface area contributed by atoms with Crippen molar-refractivity contribution in [2.75, 3.05) is 6.79 Å². The number of amides is 1. The first kappa shape index (κ1) is 28.7. The van der Waals surface area contributed by atoms with Crippen LogP contribution in [0.3, 0.4) is 0 Å². The summed E-state index contributed by atoms with van der Waals surface area (Å²) in [6.07, 6.45) is 1.40. The molecule has 0 saturated heterocycles. The predicted molar refractivity (Wildman–Crippen MR) is 176 cm³/mol. The number of hydrogen-bond acceptors (Lipinski definition) is 6. The molecule has 0 bridgehead atoms. The number of fused-ring (bicyclic) bond motifs is 2. The van der Waals surface area contributed by atoms with Gasteiger partial charge in [-0.1, -0.05) is 57.9 Å². The first-order valence-electron chi connectivity index (χ1n) is 12.3. The molecule has 12 heteroatoms. The van der Waals surface area contributed by atoms with Gasteiger partial charge in [-0.3, -0.25) is 4.79 Å². The van der Waals surface area contributed by atoms with Crippen molar-refractivity contribution in [1.29, 1.82) is 0 Å². The Hall–Kier alpha value is -3.39. The summed E-state index contributed by atoms with van der Waals surface area (Å²) in [5.41, 5.74) is 5.82. The number of carbonyl (C=O) groups is 2. The van der Waals surface area contributed by atoms with Gasteiger partial charge in [-0.05, 0) is 81.0 Å². The van der Waals surface area contributed by atoms with E-state index in [2.05, 4.69) is 70.0 Å². The van der Waals surface area contributed by atoms with Gasteiger partial charge in [0, 0.05) is 35.1 Å². The fourth-order valence-corrected chi connectivity index (χ4v) is 6.67. The molecule has 1 aliphatic rings. The van der Waals surface area contributed by atoms with Crippen LogP contribution < -0.4 is 19.6 Å². The standard InChI is InChI=1S/C30H17Br2ClIN3O5/c31-17-10-16(28(20(32)12-17)42-30(39)15-8-9-23-24(11-15)41-14-40-23)13-35-37-29(38)27-25(18-4-1-2-6-21(18)33)19-5-3-7-22(34)26(19)36-27/h1-13,36H,14H2,(H,37,38). The molecule has 1 amide bonds. The normalized spacial score (nSPS) is 12.2. The van der Waals surface area contributed by atoms with Crippen LogP contribution in [0.25, 0.3) is 22.0 Å². The van der Waals surface area contributed by atoms with E-state index >= 15 is 0 Å². The number of rotatable bonds is 6. The highest BCUT2D eigenvalue weighted by Gasteiger charge is 2.23.